The molecule has 0 unspecified atom stereocenters. The van der Waals surface area contributed by atoms with Gasteiger partial charge in [-0.25, -0.2) is 19.0 Å². The van der Waals surface area contributed by atoms with E-state index in [0.29, 0.717) is 0 Å². The van der Waals surface area contributed by atoms with E-state index in [1.807, 2.05) is 0 Å². The van der Waals surface area contributed by atoms with Crippen molar-refractivity contribution in [2.45, 2.75) is 31.3 Å². The molecule has 5 heteroatoms. The maximum absolute atomic E-state index is 11.3. The second kappa shape index (κ2) is 3.31. The summed E-state index contributed by atoms with van der Waals surface area (Å²) in [5.74, 6) is 0. The molecule has 1 heterocycles. The van der Waals surface area contributed by atoms with Crippen LogP contribution in [-0.2, 0) is 15.1 Å². The maximum Gasteiger partial charge on any atom is 0.226 e. The molecule has 0 amide bonds. The molecule has 78 valence electrons. The average Bonchev–Trinajstić information content (AvgIpc) is 2.01. The lowest BCUT2D eigenvalue weighted by Crippen LogP contribution is -2.13. The molecule has 1 aromatic rings. The highest BCUT2D eigenvalue weighted by atomic mass is 32.2. The Hall–Kier alpha value is -0.970. The summed E-state index contributed by atoms with van der Waals surface area (Å²) >= 11 is 0. The van der Waals surface area contributed by atoms with E-state index in [1.54, 1.807) is 12.4 Å². The molecule has 0 radical (unpaired) electrons. The average molecular weight is 213 g/mol. The molecule has 0 aliphatic carbocycles. The van der Waals surface area contributed by atoms with Crippen molar-refractivity contribution in [3.05, 3.63) is 18.0 Å². The molecule has 0 saturated carbocycles. The molecule has 0 bridgehead atoms. The van der Waals surface area contributed by atoms with Crippen LogP contribution in [0.4, 0.5) is 0 Å². The highest BCUT2D eigenvalue weighted by Gasteiger charge is 2.15. The molecular formula is C9H15N3OS. The summed E-state index contributed by atoms with van der Waals surface area (Å²) in [5.41, 5.74) is 0.958. The fraction of sp³-hybridized carbons (Fsp3) is 0.556. The number of aromatic nitrogens is 2. The van der Waals surface area contributed by atoms with Gasteiger partial charge in [-0.15, -0.1) is 0 Å². The molecule has 4 nitrogen and oxygen atoms in total. The molecule has 0 aliphatic rings. The van der Waals surface area contributed by atoms with Crippen molar-refractivity contribution >= 4 is 9.73 Å². The minimum atomic E-state index is -2.79. The smallest absolute Gasteiger partial charge is 0.226 e. The number of hydrogen-bond acceptors (Lipinski definition) is 4. The first-order valence-electron chi connectivity index (χ1n) is 4.27. The third-order valence-corrected chi connectivity index (χ3v) is 2.75. The van der Waals surface area contributed by atoms with Gasteiger partial charge >= 0.3 is 0 Å². The largest absolute Gasteiger partial charge is 0.246 e. The summed E-state index contributed by atoms with van der Waals surface area (Å²) in [5, 5.41) is 0.102. The SMILES string of the molecule is CC(C)(C)c1cnc([S@@](C)(=N)=O)nc1. The van der Waals surface area contributed by atoms with Crippen LogP contribution in [0.1, 0.15) is 26.3 Å². The van der Waals surface area contributed by atoms with Crippen LogP contribution in [0.15, 0.2) is 17.6 Å². The Balaban J connectivity index is 3.14. The summed E-state index contributed by atoms with van der Waals surface area (Å²) in [6.07, 6.45) is 4.60. The van der Waals surface area contributed by atoms with Gasteiger partial charge in [-0.3, -0.25) is 0 Å². The Morgan fingerprint density at radius 2 is 1.71 bits per heavy atom. The van der Waals surface area contributed by atoms with Gasteiger partial charge < -0.3 is 0 Å². The predicted molar refractivity (Wildman–Crippen MR) is 55.8 cm³/mol. The van der Waals surface area contributed by atoms with E-state index in [4.69, 9.17) is 4.78 Å². The molecule has 1 atom stereocenters. The van der Waals surface area contributed by atoms with E-state index < -0.39 is 9.73 Å². The van der Waals surface area contributed by atoms with Crippen molar-refractivity contribution in [3.8, 4) is 0 Å². The Bertz CT molecular complexity index is 414. The summed E-state index contributed by atoms with van der Waals surface area (Å²) < 4.78 is 18.6. The lowest BCUT2D eigenvalue weighted by molar-refractivity contribution is 0.579. The predicted octanol–water partition coefficient (Wildman–Crippen LogP) is 1.81. The van der Waals surface area contributed by atoms with E-state index in [-0.39, 0.29) is 10.6 Å². The minimum absolute atomic E-state index is 0.0187. The van der Waals surface area contributed by atoms with Gasteiger partial charge in [0.15, 0.2) is 0 Å². The number of nitrogens with one attached hydrogen (secondary N) is 1. The van der Waals surface area contributed by atoms with Crippen LogP contribution in [0.2, 0.25) is 0 Å². The van der Waals surface area contributed by atoms with Crippen LogP contribution in [0.3, 0.4) is 0 Å². The Morgan fingerprint density at radius 3 is 2.00 bits per heavy atom. The normalized spacial score (nSPS) is 16.3. The van der Waals surface area contributed by atoms with Gasteiger partial charge in [0.05, 0.1) is 0 Å². The van der Waals surface area contributed by atoms with Gasteiger partial charge in [-0.1, -0.05) is 20.8 Å². The molecular weight excluding hydrogens is 198 g/mol. The van der Waals surface area contributed by atoms with Gasteiger partial charge in [0.2, 0.25) is 5.16 Å². The van der Waals surface area contributed by atoms with Crippen LogP contribution in [0.5, 0.6) is 0 Å². The van der Waals surface area contributed by atoms with E-state index in [2.05, 4.69) is 30.7 Å². The van der Waals surface area contributed by atoms with Crippen molar-refractivity contribution in [1.29, 1.82) is 4.78 Å². The van der Waals surface area contributed by atoms with Crippen molar-refractivity contribution in [2.75, 3.05) is 6.26 Å². The zero-order chi connectivity index (χ0) is 11.0. The molecule has 0 aliphatic heterocycles. The zero-order valence-corrected chi connectivity index (χ0v) is 9.68. The summed E-state index contributed by atoms with van der Waals surface area (Å²) in [4.78, 5) is 7.88. The molecule has 1 N–H and O–H groups in total. The monoisotopic (exact) mass is 213 g/mol. The molecule has 0 saturated heterocycles. The standard InChI is InChI=1S/C9H15N3OS/c1-9(2,3)7-5-11-8(12-6-7)14(4,10)13/h5-6,10H,1-4H3/t14-/m0/s1. The van der Waals surface area contributed by atoms with Crippen LogP contribution >= 0.6 is 0 Å². The van der Waals surface area contributed by atoms with E-state index in [1.165, 1.54) is 6.26 Å². The van der Waals surface area contributed by atoms with Crippen LogP contribution in [0, 0.1) is 4.78 Å². The van der Waals surface area contributed by atoms with Crippen LogP contribution in [0.25, 0.3) is 0 Å². The fourth-order valence-corrected chi connectivity index (χ4v) is 1.41. The first kappa shape index (κ1) is 11.1. The number of rotatable bonds is 1. The summed E-state index contributed by atoms with van der Waals surface area (Å²) in [6.45, 7) is 6.15. The van der Waals surface area contributed by atoms with Crippen molar-refractivity contribution in [3.63, 3.8) is 0 Å². The number of nitrogens with zero attached hydrogens (tertiary/aromatic N) is 2. The molecule has 0 aromatic carbocycles. The van der Waals surface area contributed by atoms with Crippen molar-refractivity contribution < 1.29 is 4.21 Å². The molecule has 1 rings (SSSR count). The van der Waals surface area contributed by atoms with Crippen LogP contribution < -0.4 is 0 Å². The lowest BCUT2D eigenvalue weighted by Gasteiger charge is -2.17. The quantitative estimate of drug-likeness (QED) is 0.723. The van der Waals surface area contributed by atoms with Crippen molar-refractivity contribution in [2.24, 2.45) is 0 Å². The summed E-state index contributed by atoms with van der Waals surface area (Å²) in [6, 6.07) is 0. The third-order valence-electron chi connectivity index (χ3n) is 1.84. The van der Waals surface area contributed by atoms with E-state index in [0.717, 1.165) is 5.56 Å². The zero-order valence-electron chi connectivity index (χ0n) is 8.87. The maximum atomic E-state index is 11.3. The van der Waals surface area contributed by atoms with Crippen LogP contribution in [-0.4, -0.2) is 20.4 Å². The Kier molecular flexibility index (Phi) is 2.63. The third kappa shape index (κ3) is 2.51. The Morgan fingerprint density at radius 1 is 1.29 bits per heavy atom. The van der Waals surface area contributed by atoms with Gasteiger partial charge in [0.25, 0.3) is 0 Å². The topological polar surface area (TPSA) is 66.7 Å². The summed E-state index contributed by atoms with van der Waals surface area (Å²) in [7, 11) is -2.79. The lowest BCUT2D eigenvalue weighted by atomic mass is 9.89. The first-order chi connectivity index (χ1) is 6.21. The molecule has 0 spiro atoms. The second-order valence-corrected chi connectivity index (χ2v) is 6.40. The highest BCUT2D eigenvalue weighted by Crippen LogP contribution is 2.20. The van der Waals surface area contributed by atoms with E-state index >= 15 is 0 Å². The number of hydrogen-bond donors (Lipinski definition) is 1. The second-order valence-electron chi connectivity index (χ2n) is 4.35. The van der Waals surface area contributed by atoms with Gasteiger partial charge in [0.1, 0.15) is 9.73 Å². The van der Waals surface area contributed by atoms with Gasteiger partial charge in [0, 0.05) is 18.6 Å². The fourth-order valence-electron chi connectivity index (χ4n) is 0.905. The Labute approximate surface area is 84.8 Å². The van der Waals surface area contributed by atoms with Gasteiger partial charge in [-0.2, -0.15) is 0 Å². The van der Waals surface area contributed by atoms with E-state index in [9.17, 15) is 4.21 Å². The van der Waals surface area contributed by atoms with Gasteiger partial charge in [-0.05, 0) is 11.0 Å². The molecule has 0 fully saturated rings. The molecule has 1 aromatic heterocycles. The highest BCUT2D eigenvalue weighted by molar-refractivity contribution is 7.91. The first-order valence-corrected chi connectivity index (χ1v) is 6.24. The minimum Gasteiger partial charge on any atom is -0.246 e. The van der Waals surface area contributed by atoms with Crippen molar-refractivity contribution in [1.82, 2.24) is 9.97 Å². The molecule has 14 heavy (non-hydrogen) atoms.